The molecule has 0 saturated heterocycles. The third kappa shape index (κ3) is 5.79. The topological polar surface area (TPSA) is 140 Å². The molecular weight excluding hydrogens is 549 g/mol. The molecule has 4 aromatic rings. The van der Waals surface area contributed by atoms with Gasteiger partial charge in [-0.05, 0) is 17.7 Å². The lowest BCUT2D eigenvalue weighted by Crippen LogP contribution is -2.42. The summed E-state index contributed by atoms with van der Waals surface area (Å²) in [5.74, 6) is 0.579. The second-order valence-electron chi connectivity index (χ2n) is 9.35. The first kappa shape index (κ1) is 28.3. The van der Waals surface area contributed by atoms with Crippen molar-refractivity contribution in [1.82, 2.24) is 14.5 Å². The molecule has 212 valence electrons. The van der Waals surface area contributed by atoms with Crippen LogP contribution in [0, 0.1) is 0 Å². The number of nitrogens with zero attached hydrogens (tertiary/aromatic N) is 2. The van der Waals surface area contributed by atoms with Crippen LogP contribution >= 0.6 is 7.60 Å². The van der Waals surface area contributed by atoms with Crippen molar-refractivity contribution in [3.63, 3.8) is 0 Å². The molecule has 2 heterocycles. The molecule has 41 heavy (non-hydrogen) atoms. The van der Waals surface area contributed by atoms with Crippen LogP contribution in [-0.2, 0) is 30.8 Å². The summed E-state index contributed by atoms with van der Waals surface area (Å²) in [6, 6.07) is 25.7. The number of aromatic nitrogens is 2. The summed E-state index contributed by atoms with van der Waals surface area (Å²) < 4.78 is 31.2. The summed E-state index contributed by atoms with van der Waals surface area (Å²) in [7, 11) is -3.10. The van der Waals surface area contributed by atoms with Crippen molar-refractivity contribution in [1.29, 1.82) is 0 Å². The summed E-state index contributed by atoms with van der Waals surface area (Å²) in [5.41, 5.74) is -0.169. The third-order valence-electron chi connectivity index (χ3n) is 6.80. The van der Waals surface area contributed by atoms with Gasteiger partial charge in [0, 0.05) is 37.0 Å². The van der Waals surface area contributed by atoms with E-state index in [1.165, 1.54) is 6.20 Å². The van der Waals surface area contributed by atoms with Crippen LogP contribution in [0.5, 0.6) is 11.5 Å². The van der Waals surface area contributed by atoms with Gasteiger partial charge in [-0.3, -0.25) is 23.7 Å². The van der Waals surface area contributed by atoms with Gasteiger partial charge in [0.1, 0.15) is 24.3 Å². The molecule has 1 aromatic heterocycles. The minimum absolute atomic E-state index is 0.0620. The third-order valence-corrected chi connectivity index (χ3v) is 8.07. The highest BCUT2D eigenvalue weighted by Gasteiger charge is 2.45. The van der Waals surface area contributed by atoms with Crippen molar-refractivity contribution in [3.05, 3.63) is 129 Å². The fraction of sp³-hybridized carbons (Fsp3) is 0.207. The number of hydrogen-bond donors (Lipinski definition) is 2. The van der Waals surface area contributed by atoms with E-state index >= 15 is 0 Å². The maximum Gasteiger partial charge on any atom is 0.347 e. The molecule has 0 radical (unpaired) electrons. The lowest BCUT2D eigenvalue weighted by atomic mass is 9.78. The van der Waals surface area contributed by atoms with Gasteiger partial charge in [-0.25, -0.2) is 4.79 Å². The summed E-state index contributed by atoms with van der Waals surface area (Å²) in [6.45, 7) is -0.638. The van der Waals surface area contributed by atoms with Gasteiger partial charge in [0.2, 0.25) is 5.91 Å². The number of amides is 1. The Labute approximate surface area is 235 Å². The van der Waals surface area contributed by atoms with Crippen LogP contribution in [0.2, 0.25) is 0 Å². The molecule has 1 aliphatic rings. The first-order valence-corrected chi connectivity index (χ1v) is 14.5. The highest BCUT2D eigenvalue weighted by molar-refractivity contribution is 7.52. The SMILES string of the molecule is COP(=O)(O)CN(CCOC1(c2ccccc2)c2ccccc2Oc2ccccc21)C(=O)Cn1ccc(=O)[nH]c1=O. The summed E-state index contributed by atoms with van der Waals surface area (Å²) in [4.78, 5) is 50.3. The average Bonchev–Trinajstić information content (AvgIpc) is 2.98. The fourth-order valence-corrected chi connectivity index (χ4v) is 5.70. The number of hydrogen-bond acceptors (Lipinski definition) is 7. The Morgan fingerprint density at radius 2 is 1.59 bits per heavy atom. The van der Waals surface area contributed by atoms with E-state index in [0.29, 0.717) is 11.5 Å². The summed E-state index contributed by atoms with van der Waals surface area (Å²) in [6.07, 6.45) is 0.557. The van der Waals surface area contributed by atoms with Crippen molar-refractivity contribution in [2.24, 2.45) is 0 Å². The van der Waals surface area contributed by atoms with Crippen LogP contribution in [0.3, 0.4) is 0 Å². The smallest absolute Gasteiger partial charge is 0.347 e. The van der Waals surface area contributed by atoms with Gasteiger partial charge in [-0.1, -0.05) is 66.7 Å². The van der Waals surface area contributed by atoms with Crippen molar-refractivity contribution < 1.29 is 28.3 Å². The molecule has 1 unspecified atom stereocenters. The quantitative estimate of drug-likeness (QED) is 0.274. The Balaban J connectivity index is 1.50. The standard InChI is InChI=1S/C29H28N3O8P/c1-38-41(36,37)20-32(27(34)19-31-16-15-26(33)30-28(31)35)17-18-39-29(21-9-3-2-4-10-21)22-11-5-7-13-24(22)40-25-14-8-6-12-23(25)29/h2-16H,17-20H2,1H3,(H,36,37)(H,30,33,35). The van der Waals surface area contributed by atoms with Gasteiger partial charge in [-0.15, -0.1) is 0 Å². The van der Waals surface area contributed by atoms with Crippen molar-refractivity contribution >= 4 is 13.5 Å². The predicted molar refractivity (Wildman–Crippen MR) is 150 cm³/mol. The minimum atomic E-state index is -4.18. The largest absolute Gasteiger partial charge is 0.457 e. The Hall–Kier alpha value is -4.28. The molecule has 0 aliphatic carbocycles. The van der Waals surface area contributed by atoms with E-state index in [9.17, 15) is 23.8 Å². The predicted octanol–water partition coefficient (Wildman–Crippen LogP) is 3.27. The zero-order chi connectivity index (χ0) is 29.0. The second kappa shape index (κ2) is 11.7. The number of para-hydroxylation sites is 2. The van der Waals surface area contributed by atoms with Gasteiger partial charge in [-0.2, -0.15) is 0 Å². The van der Waals surface area contributed by atoms with E-state index in [0.717, 1.165) is 39.3 Å². The Kier molecular flexibility index (Phi) is 8.05. The number of aromatic amines is 1. The lowest BCUT2D eigenvalue weighted by Gasteiger charge is -2.41. The van der Waals surface area contributed by atoms with E-state index < -0.39 is 43.2 Å². The normalized spacial score (nSPS) is 14.7. The molecule has 2 N–H and O–H groups in total. The lowest BCUT2D eigenvalue weighted by molar-refractivity contribution is -0.132. The first-order chi connectivity index (χ1) is 19.7. The average molecular weight is 578 g/mol. The highest BCUT2D eigenvalue weighted by Crippen LogP contribution is 2.52. The molecule has 11 nitrogen and oxygen atoms in total. The zero-order valence-electron chi connectivity index (χ0n) is 22.1. The Morgan fingerprint density at radius 3 is 2.20 bits per heavy atom. The molecule has 1 atom stereocenters. The van der Waals surface area contributed by atoms with Crippen molar-refractivity contribution in [2.75, 3.05) is 26.5 Å². The van der Waals surface area contributed by atoms with E-state index in [2.05, 4.69) is 4.98 Å². The number of rotatable bonds is 10. The number of fused-ring (bicyclic) bond motifs is 2. The van der Waals surface area contributed by atoms with E-state index in [1.807, 2.05) is 78.9 Å². The molecule has 5 rings (SSSR count). The molecule has 3 aromatic carbocycles. The molecule has 0 spiro atoms. The number of carbonyl (C=O) groups excluding carboxylic acids is 1. The second-order valence-corrected chi connectivity index (χ2v) is 11.3. The number of nitrogens with one attached hydrogen (secondary N) is 1. The van der Waals surface area contributed by atoms with Crippen LogP contribution in [-0.4, -0.2) is 51.8 Å². The Morgan fingerprint density at radius 1 is 0.976 bits per heavy atom. The maximum atomic E-state index is 13.3. The number of carbonyl (C=O) groups is 1. The van der Waals surface area contributed by atoms with Crippen molar-refractivity contribution in [3.8, 4) is 11.5 Å². The zero-order valence-corrected chi connectivity index (χ0v) is 23.0. The van der Waals surface area contributed by atoms with Gasteiger partial charge >= 0.3 is 13.3 Å². The molecule has 12 heteroatoms. The number of ether oxygens (including phenoxy) is 2. The van der Waals surface area contributed by atoms with Gasteiger partial charge in [0.25, 0.3) is 5.56 Å². The van der Waals surface area contributed by atoms with Crippen LogP contribution in [0.4, 0.5) is 0 Å². The van der Waals surface area contributed by atoms with Crippen LogP contribution < -0.4 is 16.0 Å². The van der Waals surface area contributed by atoms with Gasteiger partial charge < -0.3 is 23.8 Å². The summed E-state index contributed by atoms with van der Waals surface area (Å²) in [5, 5.41) is 0. The van der Waals surface area contributed by atoms with Gasteiger partial charge in [0.15, 0.2) is 5.60 Å². The first-order valence-electron chi connectivity index (χ1n) is 12.7. The molecule has 1 amide bonds. The van der Waals surface area contributed by atoms with E-state index in [1.54, 1.807) is 0 Å². The van der Waals surface area contributed by atoms with Crippen molar-refractivity contribution in [2.45, 2.75) is 12.1 Å². The van der Waals surface area contributed by atoms with Crippen LogP contribution in [0.1, 0.15) is 16.7 Å². The van der Waals surface area contributed by atoms with E-state index in [-0.39, 0.29) is 13.2 Å². The number of H-pyrrole nitrogens is 1. The number of benzene rings is 3. The summed E-state index contributed by atoms with van der Waals surface area (Å²) >= 11 is 0. The molecule has 1 aliphatic heterocycles. The van der Waals surface area contributed by atoms with Crippen LogP contribution in [0.25, 0.3) is 0 Å². The monoisotopic (exact) mass is 577 g/mol. The van der Waals surface area contributed by atoms with Gasteiger partial charge in [0.05, 0.1) is 6.61 Å². The fourth-order valence-electron chi connectivity index (χ4n) is 4.85. The van der Waals surface area contributed by atoms with Crippen LogP contribution in [0.15, 0.2) is 101 Å². The molecule has 0 saturated carbocycles. The highest BCUT2D eigenvalue weighted by atomic mass is 31.2. The molecular formula is C29H28N3O8P. The molecule has 0 fully saturated rings. The van der Waals surface area contributed by atoms with E-state index in [4.69, 9.17) is 14.0 Å². The molecule has 0 bridgehead atoms. The maximum absolute atomic E-state index is 13.3. The Bertz CT molecular complexity index is 1670. The minimum Gasteiger partial charge on any atom is -0.457 e.